The first-order chi connectivity index (χ1) is 7.43. The molecule has 0 fully saturated rings. The van der Waals surface area contributed by atoms with Gasteiger partial charge in [0.1, 0.15) is 18.5 Å². The Balaban J connectivity index is 2.58. The van der Waals surface area contributed by atoms with Crippen molar-refractivity contribution in [2.45, 2.75) is 12.3 Å². The van der Waals surface area contributed by atoms with Crippen molar-refractivity contribution in [3.8, 4) is 5.75 Å². The summed E-state index contributed by atoms with van der Waals surface area (Å²) in [4.78, 5) is 0. The fourth-order valence-corrected chi connectivity index (χ4v) is 1.00. The van der Waals surface area contributed by atoms with E-state index in [4.69, 9.17) is 15.6 Å². The van der Waals surface area contributed by atoms with E-state index in [0.29, 0.717) is 0 Å². The highest BCUT2D eigenvalue weighted by molar-refractivity contribution is 5.28. The molecule has 1 aromatic rings. The summed E-state index contributed by atoms with van der Waals surface area (Å²) in [5.74, 6) is 0.264. The molecule has 0 saturated heterocycles. The van der Waals surface area contributed by atoms with Crippen LogP contribution in [0.4, 0.5) is 13.2 Å². The quantitative estimate of drug-likeness (QED) is 0.829. The first-order valence-electron chi connectivity index (χ1n) is 4.61. The molecule has 0 aliphatic carbocycles. The van der Waals surface area contributed by atoms with Crippen LogP contribution in [0.15, 0.2) is 24.3 Å². The van der Waals surface area contributed by atoms with Gasteiger partial charge in [-0.05, 0) is 24.3 Å². The van der Waals surface area contributed by atoms with Gasteiger partial charge in [-0.25, -0.2) is 0 Å². The van der Waals surface area contributed by atoms with Crippen LogP contribution in [0.2, 0.25) is 0 Å². The first-order valence-corrected chi connectivity index (χ1v) is 4.61. The second kappa shape index (κ2) is 5.18. The number of benzene rings is 1. The lowest BCUT2D eigenvalue weighted by atomic mass is 10.2. The molecule has 0 unspecified atom stereocenters. The van der Waals surface area contributed by atoms with Gasteiger partial charge in [0.25, 0.3) is 0 Å². The number of alkyl halides is 3. The summed E-state index contributed by atoms with van der Waals surface area (Å²) in [6.07, 6.45) is -5.17. The molecule has 0 aliphatic rings. The van der Waals surface area contributed by atoms with Crippen molar-refractivity contribution < 1.29 is 23.0 Å². The Labute approximate surface area is 90.6 Å². The van der Waals surface area contributed by atoms with Crippen molar-refractivity contribution in [2.24, 2.45) is 5.73 Å². The summed E-state index contributed by atoms with van der Waals surface area (Å²) >= 11 is 0. The Hall–Kier alpha value is -1.27. The monoisotopic (exact) mass is 235 g/mol. The second-order valence-electron chi connectivity index (χ2n) is 3.22. The molecule has 0 aromatic heterocycles. The number of aliphatic hydroxyl groups is 1. The Kier molecular flexibility index (Phi) is 4.14. The van der Waals surface area contributed by atoms with Crippen molar-refractivity contribution in [1.29, 1.82) is 0 Å². The highest BCUT2D eigenvalue weighted by atomic mass is 19.4. The molecule has 1 aromatic carbocycles. The van der Waals surface area contributed by atoms with Gasteiger partial charge >= 0.3 is 6.18 Å². The van der Waals surface area contributed by atoms with E-state index in [9.17, 15) is 13.2 Å². The molecule has 0 spiro atoms. The van der Waals surface area contributed by atoms with Crippen LogP contribution in [0.5, 0.6) is 5.75 Å². The smallest absolute Gasteiger partial charge is 0.416 e. The second-order valence-corrected chi connectivity index (χ2v) is 3.22. The van der Waals surface area contributed by atoms with Gasteiger partial charge < -0.3 is 15.6 Å². The summed E-state index contributed by atoms with van der Waals surface area (Å²) in [5, 5.41) is 9.07. The number of ether oxygens (including phenoxy) is 1. The molecule has 1 rings (SSSR count). The van der Waals surface area contributed by atoms with Crippen molar-refractivity contribution >= 4 is 0 Å². The van der Waals surface area contributed by atoms with Crippen LogP contribution in [0.3, 0.4) is 0 Å². The third-order valence-electron chi connectivity index (χ3n) is 1.90. The van der Waals surface area contributed by atoms with Crippen LogP contribution in [0, 0.1) is 0 Å². The largest absolute Gasteiger partial charge is 0.491 e. The van der Waals surface area contributed by atoms with Crippen molar-refractivity contribution in [3.63, 3.8) is 0 Å². The number of hydrogen-bond donors (Lipinski definition) is 2. The molecule has 0 amide bonds. The Morgan fingerprint density at radius 2 is 1.81 bits per heavy atom. The third kappa shape index (κ3) is 3.71. The molecule has 90 valence electrons. The van der Waals surface area contributed by atoms with Crippen LogP contribution in [0.25, 0.3) is 0 Å². The van der Waals surface area contributed by atoms with Gasteiger partial charge in [-0.15, -0.1) is 0 Å². The lowest BCUT2D eigenvalue weighted by Gasteiger charge is -2.11. The van der Waals surface area contributed by atoms with Gasteiger partial charge in [0.05, 0.1) is 5.56 Å². The van der Waals surface area contributed by atoms with Gasteiger partial charge in [-0.2, -0.15) is 13.2 Å². The molecule has 0 heterocycles. The highest BCUT2D eigenvalue weighted by Gasteiger charge is 2.29. The van der Waals surface area contributed by atoms with Crippen LogP contribution < -0.4 is 10.5 Å². The average molecular weight is 235 g/mol. The SMILES string of the molecule is NC[C@@H](O)COc1ccc(C(F)(F)F)cc1. The maximum absolute atomic E-state index is 12.2. The maximum atomic E-state index is 12.2. The highest BCUT2D eigenvalue weighted by Crippen LogP contribution is 2.30. The van der Waals surface area contributed by atoms with Crippen LogP contribution in [0.1, 0.15) is 5.56 Å². The average Bonchev–Trinajstić information content (AvgIpc) is 2.25. The topological polar surface area (TPSA) is 55.5 Å². The van der Waals surface area contributed by atoms with Gasteiger partial charge in [0.15, 0.2) is 0 Å². The van der Waals surface area contributed by atoms with E-state index < -0.39 is 17.8 Å². The van der Waals surface area contributed by atoms with Gasteiger partial charge in [-0.1, -0.05) is 0 Å². The first kappa shape index (κ1) is 12.8. The molecule has 1 atom stereocenters. The van der Waals surface area contributed by atoms with E-state index in [0.717, 1.165) is 12.1 Å². The predicted octanol–water partition coefficient (Wildman–Crippen LogP) is 1.40. The van der Waals surface area contributed by atoms with Crippen LogP contribution in [-0.4, -0.2) is 24.4 Å². The fourth-order valence-electron chi connectivity index (χ4n) is 1.00. The van der Waals surface area contributed by atoms with E-state index in [-0.39, 0.29) is 18.9 Å². The van der Waals surface area contributed by atoms with Gasteiger partial charge in [-0.3, -0.25) is 0 Å². The molecule has 16 heavy (non-hydrogen) atoms. The number of nitrogens with two attached hydrogens (primary N) is 1. The van der Waals surface area contributed by atoms with Crippen molar-refractivity contribution in [2.75, 3.05) is 13.2 Å². The molecule has 3 nitrogen and oxygen atoms in total. The number of aliphatic hydroxyl groups excluding tert-OH is 1. The Morgan fingerprint density at radius 1 is 1.25 bits per heavy atom. The molecule has 3 N–H and O–H groups in total. The van der Waals surface area contributed by atoms with E-state index in [1.807, 2.05) is 0 Å². The normalized spacial score (nSPS) is 13.6. The minimum atomic E-state index is -4.35. The number of halogens is 3. The zero-order chi connectivity index (χ0) is 12.2. The van der Waals surface area contributed by atoms with E-state index in [1.165, 1.54) is 12.1 Å². The molecule has 0 radical (unpaired) electrons. The van der Waals surface area contributed by atoms with Crippen LogP contribution in [-0.2, 0) is 6.18 Å². The zero-order valence-electron chi connectivity index (χ0n) is 8.37. The summed E-state index contributed by atoms with van der Waals surface area (Å²) in [6, 6.07) is 4.24. The van der Waals surface area contributed by atoms with E-state index >= 15 is 0 Å². The molecular formula is C10H12F3NO2. The molecule has 0 saturated carbocycles. The minimum Gasteiger partial charge on any atom is -0.491 e. The van der Waals surface area contributed by atoms with Gasteiger partial charge in [0, 0.05) is 6.54 Å². The summed E-state index contributed by atoms with van der Waals surface area (Å²) < 4.78 is 41.6. The molecular weight excluding hydrogens is 223 g/mol. The number of rotatable bonds is 4. The Morgan fingerprint density at radius 3 is 2.25 bits per heavy atom. The predicted molar refractivity (Wildman–Crippen MR) is 52.0 cm³/mol. The summed E-state index contributed by atoms with van der Waals surface area (Å²) in [6.45, 7) is 0.00248. The van der Waals surface area contributed by atoms with Gasteiger partial charge in [0.2, 0.25) is 0 Å². The van der Waals surface area contributed by atoms with Crippen molar-refractivity contribution in [1.82, 2.24) is 0 Å². The standard InChI is InChI=1S/C10H12F3NO2/c11-10(12,13)7-1-3-9(4-2-7)16-6-8(15)5-14/h1-4,8,15H,5-6,14H2/t8-/m1/s1. The van der Waals surface area contributed by atoms with E-state index in [1.54, 1.807) is 0 Å². The Bertz CT molecular complexity index is 324. The minimum absolute atomic E-state index is 0.0398. The third-order valence-corrected chi connectivity index (χ3v) is 1.90. The van der Waals surface area contributed by atoms with E-state index in [2.05, 4.69) is 0 Å². The molecule has 0 aliphatic heterocycles. The van der Waals surface area contributed by atoms with Crippen molar-refractivity contribution in [3.05, 3.63) is 29.8 Å². The summed E-state index contributed by atoms with van der Waals surface area (Å²) in [7, 11) is 0. The zero-order valence-corrected chi connectivity index (χ0v) is 8.37. The fraction of sp³-hybridized carbons (Fsp3) is 0.400. The number of hydrogen-bond acceptors (Lipinski definition) is 3. The maximum Gasteiger partial charge on any atom is 0.416 e. The lowest BCUT2D eigenvalue weighted by molar-refractivity contribution is -0.137. The summed E-state index contributed by atoms with van der Waals surface area (Å²) in [5.41, 5.74) is 4.40. The molecule has 0 bridgehead atoms. The molecule has 6 heteroatoms. The lowest BCUT2D eigenvalue weighted by Crippen LogP contribution is -2.26. The van der Waals surface area contributed by atoms with Crippen LogP contribution >= 0.6 is 0 Å².